The molecule has 1 aliphatic rings. The summed E-state index contributed by atoms with van der Waals surface area (Å²) in [6.45, 7) is 9.68. The maximum atomic E-state index is 4.51. The molecule has 0 atom stereocenters. The lowest BCUT2D eigenvalue weighted by Crippen LogP contribution is -2.43. The van der Waals surface area contributed by atoms with Gasteiger partial charge in [0.05, 0.1) is 0 Å². The number of anilines is 1. The third kappa shape index (κ3) is 3.90. The quantitative estimate of drug-likeness (QED) is 0.854. The van der Waals surface area contributed by atoms with Crippen LogP contribution in [0.3, 0.4) is 0 Å². The van der Waals surface area contributed by atoms with Crippen molar-refractivity contribution in [1.82, 2.24) is 20.2 Å². The van der Waals surface area contributed by atoms with Crippen molar-refractivity contribution in [3.05, 3.63) is 18.0 Å². The van der Waals surface area contributed by atoms with E-state index in [4.69, 9.17) is 0 Å². The van der Waals surface area contributed by atoms with E-state index in [-0.39, 0.29) is 0 Å². The lowest BCUT2D eigenvalue weighted by molar-refractivity contribution is 0.220. The van der Waals surface area contributed by atoms with Gasteiger partial charge in [-0.2, -0.15) is 0 Å². The van der Waals surface area contributed by atoms with E-state index in [1.165, 1.54) is 25.9 Å². The first kappa shape index (κ1) is 15.2. The van der Waals surface area contributed by atoms with Gasteiger partial charge in [0.25, 0.3) is 0 Å². The summed E-state index contributed by atoms with van der Waals surface area (Å²) in [6.07, 6.45) is 6.27. The Kier molecular flexibility index (Phi) is 5.73. The van der Waals surface area contributed by atoms with Gasteiger partial charge >= 0.3 is 0 Å². The van der Waals surface area contributed by atoms with Crippen LogP contribution in [0.15, 0.2) is 12.4 Å². The largest absolute Gasteiger partial charge is 0.341 e. The minimum Gasteiger partial charge on any atom is -0.341 e. The van der Waals surface area contributed by atoms with Gasteiger partial charge < -0.3 is 15.1 Å². The molecule has 1 N–H and O–H groups in total. The lowest BCUT2D eigenvalue weighted by atomic mass is 10.0. The Hall–Kier alpha value is -1.20. The molecule has 1 aromatic rings. The Labute approximate surface area is 122 Å². The van der Waals surface area contributed by atoms with Crippen LogP contribution in [0.2, 0.25) is 0 Å². The first-order chi connectivity index (χ1) is 9.74. The molecule has 0 aliphatic carbocycles. The first-order valence-corrected chi connectivity index (χ1v) is 7.71. The van der Waals surface area contributed by atoms with Crippen molar-refractivity contribution in [2.24, 2.45) is 0 Å². The van der Waals surface area contributed by atoms with Gasteiger partial charge in [-0.25, -0.2) is 9.97 Å². The zero-order valence-corrected chi connectivity index (χ0v) is 13.0. The van der Waals surface area contributed by atoms with Crippen LogP contribution >= 0.6 is 0 Å². The number of aromatic nitrogens is 2. The van der Waals surface area contributed by atoms with Gasteiger partial charge in [-0.15, -0.1) is 0 Å². The molecule has 0 unspecified atom stereocenters. The molecule has 0 aromatic carbocycles. The highest BCUT2D eigenvalue weighted by atomic mass is 15.3. The molecule has 1 fully saturated rings. The van der Waals surface area contributed by atoms with E-state index < -0.39 is 0 Å². The lowest BCUT2D eigenvalue weighted by Gasteiger charge is -2.36. The molecule has 0 amide bonds. The smallest absolute Gasteiger partial charge is 0.225 e. The molecule has 1 aromatic heterocycles. The van der Waals surface area contributed by atoms with E-state index in [0.717, 1.165) is 31.1 Å². The van der Waals surface area contributed by atoms with Crippen molar-refractivity contribution in [3.8, 4) is 0 Å². The van der Waals surface area contributed by atoms with Gasteiger partial charge in [-0.3, -0.25) is 0 Å². The van der Waals surface area contributed by atoms with Gasteiger partial charge in [0.2, 0.25) is 5.95 Å². The molecule has 0 bridgehead atoms. The molecular formula is C15H27N5. The number of hydrogen-bond donors (Lipinski definition) is 1. The SMILES string of the molecule is CCNCc1cnc(N(C)C2CCN(CC)CC2)nc1. The molecule has 2 heterocycles. The molecule has 1 saturated heterocycles. The number of nitrogens with one attached hydrogen (secondary N) is 1. The van der Waals surface area contributed by atoms with Crippen molar-refractivity contribution in [3.63, 3.8) is 0 Å². The summed E-state index contributed by atoms with van der Waals surface area (Å²) in [5.41, 5.74) is 1.14. The summed E-state index contributed by atoms with van der Waals surface area (Å²) in [4.78, 5) is 13.8. The highest BCUT2D eigenvalue weighted by Crippen LogP contribution is 2.18. The molecule has 20 heavy (non-hydrogen) atoms. The second kappa shape index (κ2) is 7.55. The molecular weight excluding hydrogens is 250 g/mol. The third-order valence-electron chi connectivity index (χ3n) is 4.14. The van der Waals surface area contributed by atoms with E-state index in [1.807, 2.05) is 12.4 Å². The van der Waals surface area contributed by atoms with Gasteiger partial charge in [-0.05, 0) is 25.9 Å². The summed E-state index contributed by atoms with van der Waals surface area (Å²) in [6, 6.07) is 0.567. The van der Waals surface area contributed by atoms with E-state index >= 15 is 0 Å². The summed E-state index contributed by atoms with van der Waals surface area (Å²) < 4.78 is 0. The van der Waals surface area contributed by atoms with Gasteiger partial charge in [-0.1, -0.05) is 13.8 Å². The van der Waals surface area contributed by atoms with Crippen molar-refractivity contribution in [1.29, 1.82) is 0 Å². The Bertz CT molecular complexity index is 384. The molecule has 2 rings (SSSR count). The molecule has 0 radical (unpaired) electrons. The number of rotatable bonds is 6. The standard InChI is InChI=1S/C15H27N5/c1-4-16-10-13-11-17-15(18-12-13)19(3)14-6-8-20(5-2)9-7-14/h11-12,14,16H,4-10H2,1-3H3. The second-order valence-electron chi connectivity index (χ2n) is 5.45. The zero-order chi connectivity index (χ0) is 14.4. The average Bonchev–Trinajstić information content (AvgIpc) is 2.53. The Morgan fingerprint density at radius 1 is 1.25 bits per heavy atom. The summed E-state index contributed by atoms with van der Waals surface area (Å²) in [5.74, 6) is 0.847. The number of hydrogen-bond acceptors (Lipinski definition) is 5. The molecule has 5 nitrogen and oxygen atoms in total. The zero-order valence-electron chi connectivity index (χ0n) is 13.0. The van der Waals surface area contributed by atoms with E-state index in [0.29, 0.717) is 6.04 Å². The highest BCUT2D eigenvalue weighted by Gasteiger charge is 2.22. The van der Waals surface area contributed by atoms with Crippen molar-refractivity contribution >= 4 is 5.95 Å². The van der Waals surface area contributed by atoms with Crippen molar-refractivity contribution < 1.29 is 0 Å². The number of nitrogens with zero attached hydrogens (tertiary/aromatic N) is 4. The minimum atomic E-state index is 0.567. The van der Waals surface area contributed by atoms with Crippen LogP contribution in [0.5, 0.6) is 0 Å². The van der Waals surface area contributed by atoms with E-state index in [2.05, 4.69) is 46.0 Å². The maximum absolute atomic E-state index is 4.51. The molecule has 5 heteroatoms. The van der Waals surface area contributed by atoms with Crippen LogP contribution in [-0.4, -0.2) is 54.1 Å². The van der Waals surface area contributed by atoms with Crippen LogP contribution in [0.1, 0.15) is 32.3 Å². The molecule has 1 aliphatic heterocycles. The fraction of sp³-hybridized carbons (Fsp3) is 0.733. The van der Waals surface area contributed by atoms with Crippen LogP contribution in [-0.2, 0) is 6.54 Å². The maximum Gasteiger partial charge on any atom is 0.225 e. The second-order valence-corrected chi connectivity index (χ2v) is 5.45. The van der Waals surface area contributed by atoms with E-state index in [1.54, 1.807) is 0 Å². The normalized spacial score (nSPS) is 17.4. The predicted octanol–water partition coefficient (Wildman–Crippen LogP) is 1.51. The Morgan fingerprint density at radius 3 is 2.45 bits per heavy atom. The minimum absolute atomic E-state index is 0.567. The third-order valence-corrected chi connectivity index (χ3v) is 4.14. The topological polar surface area (TPSA) is 44.3 Å². The Balaban J connectivity index is 1.90. The summed E-state index contributed by atoms with van der Waals surface area (Å²) in [7, 11) is 2.12. The summed E-state index contributed by atoms with van der Waals surface area (Å²) in [5, 5.41) is 3.29. The number of piperidine rings is 1. The monoisotopic (exact) mass is 277 g/mol. The van der Waals surface area contributed by atoms with Crippen molar-refractivity contribution in [2.45, 2.75) is 39.3 Å². The van der Waals surface area contributed by atoms with Gasteiger partial charge in [0.15, 0.2) is 0 Å². The predicted molar refractivity (Wildman–Crippen MR) is 83.0 cm³/mol. The Morgan fingerprint density at radius 2 is 1.90 bits per heavy atom. The number of likely N-dealkylation sites (tertiary alicyclic amines) is 1. The fourth-order valence-electron chi connectivity index (χ4n) is 2.68. The first-order valence-electron chi connectivity index (χ1n) is 7.71. The summed E-state index contributed by atoms with van der Waals surface area (Å²) >= 11 is 0. The van der Waals surface area contributed by atoms with Gasteiger partial charge in [0.1, 0.15) is 0 Å². The molecule has 112 valence electrons. The van der Waals surface area contributed by atoms with Crippen molar-refractivity contribution in [2.75, 3.05) is 38.1 Å². The average molecular weight is 277 g/mol. The fourth-order valence-corrected chi connectivity index (χ4v) is 2.68. The van der Waals surface area contributed by atoms with Crippen LogP contribution in [0, 0.1) is 0 Å². The van der Waals surface area contributed by atoms with E-state index in [9.17, 15) is 0 Å². The molecule has 0 saturated carbocycles. The van der Waals surface area contributed by atoms with Crippen LogP contribution in [0.25, 0.3) is 0 Å². The highest BCUT2D eigenvalue weighted by molar-refractivity contribution is 5.30. The molecule has 0 spiro atoms. The van der Waals surface area contributed by atoms with Gasteiger partial charge in [0, 0.05) is 50.7 Å². The van der Waals surface area contributed by atoms with Crippen LogP contribution in [0.4, 0.5) is 5.95 Å². The van der Waals surface area contributed by atoms with Crippen LogP contribution < -0.4 is 10.2 Å².